The molecule has 3 rings (SSSR count). The van der Waals surface area contributed by atoms with Crippen LogP contribution in [0.3, 0.4) is 0 Å². The number of imidazole rings is 1. The third-order valence-electron chi connectivity index (χ3n) is 3.25. The van der Waals surface area contributed by atoms with E-state index < -0.39 is 11.8 Å². The number of methoxy groups -OCH3 is 1. The third kappa shape index (κ3) is 2.71. The highest BCUT2D eigenvalue weighted by molar-refractivity contribution is 9.10. The Morgan fingerprint density at radius 3 is 3.00 bits per heavy atom. The minimum atomic E-state index is -0.568. The van der Waals surface area contributed by atoms with E-state index >= 15 is 0 Å². The zero-order valence-corrected chi connectivity index (χ0v) is 13.2. The molecule has 5 nitrogen and oxygen atoms in total. The average molecular weight is 364 g/mol. The molecule has 0 N–H and O–H groups in total. The van der Waals surface area contributed by atoms with Crippen LogP contribution in [0.2, 0.25) is 0 Å². The van der Waals surface area contributed by atoms with E-state index in [1.165, 1.54) is 19.2 Å². The molecule has 2 heterocycles. The van der Waals surface area contributed by atoms with Gasteiger partial charge in [0.2, 0.25) is 0 Å². The Labute approximate surface area is 133 Å². The maximum atomic E-state index is 14.2. The number of carbonyl (C=O) groups excluding carboxylic acids is 1. The molecule has 7 heteroatoms. The summed E-state index contributed by atoms with van der Waals surface area (Å²) in [6, 6.07) is 4.26. The first-order valence-corrected chi connectivity index (χ1v) is 7.22. The summed E-state index contributed by atoms with van der Waals surface area (Å²) in [5, 5.41) is 0. The predicted octanol–water partition coefficient (Wildman–Crippen LogP) is 3.01. The molecule has 22 heavy (non-hydrogen) atoms. The quantitative estimate of drug-likeness (QED) is 0.671. The van der Waals surface area contributed by atoms with Crippen molar-refractivity contribution in [1.82, 2.24) is 14.4 Å². The van der Waals surface area contributed by atoms with Crippen LogP contribution in [0.5, 0.6) is 0 Å². The van der Waals surface area contributed by atoms with Gasteiger partial charge in [0.25, 0.3) is 0 Å². The van der Waals surface area contributed by atoms with Crippen molar-refractivity contribution < 1.29 is 13.9 Å². The Morgan fingerprint density at radius 2 is 2.27 bits per heavy atom. The first-order chi connectivity index (χ1) is 10.6. The lowest BCUT2D eigenvalue weighted by atomic mass is 10.1. The smallest absolute Gasteiger partial charge is 0.337 e. The van der Waals surface area contributed by atoms with Crippen LogP contribution in [0.15, 0.2) is 41.4 Å². The third-order valence-corrected chi connectivity index (χ3v) is 3.63. The largest absolute Gasteiger partial charge is 0.465 e. The van der Waals surface area contributed by atoms with E-state index in [-0.39, 0.29) is 12.0 Å². The van der Waals surface area contributed by atoms with Gasteiger partial charge >= 0.3 is 5.97 Å². The minimum Gasteiger partial charge on any atom is -0.465 e. The normalized spacial score (nSPS) is 10.9. The van der Waals surface area contributed by atoms with Crippen molar-refractivity contribution in [2.45, 2.75) is 6.42 Å². The van der Waals surface area contributed by atoms with E-state index in [0.717, 1.165) is 0 Å². The summed E-state index contributed by atoms with van der Waals surface area (Å²) in [6.07, 6.45) is 5.50. The van der Waals surface area contributed by atoms with Crippen molar-refractivity contribution in [3.63, 3.8) is 0 Å². The molecule has 0 atom stereocenters. The second kappa shape index (κ2) is 5.84. The average Bonchev–Trinajstić information content (AvgIpc) is 2.96. The first-order valence-electron chi connectivity index (χ1n) is 6.43. The number of hydrogen-bond acceptors (Lipinski definition) is 4. The van der Waals surface area contributed by atoms with Crippen LogP contribution in [0.4, 0.5) is 4.39 Å². The number of hydrogen-bond donors (Lipinski definition) is 0. The van der Waals surface area contributed by atoms with Gasteiger partial charge in [-0.15, -0.1) is 0 Å². The summed E-state index contributed by atoms with van der Waals surface area (Å²) < 4.78 is 21.2. The van der Waals surface area contributed by atoms with E-state index in [2.05, 4.69) is 30.6 Å². The van der Waals surface area contributed by atoms with Gasteiger partial charge in [-0.2, -0.15) is 0 Å². The van der Waals surface area contributed by atoms with Gasteiger partial charge in [-0.25, -0.2) is 19.2 Å². The van der Waals surface area contributed by atoms with Crippen molar-refractivity contribution >= 4 is 27.5 Å². The molecule has 0 saturated heterocycles. The van der Waals surface area contributed by atoms with Crippen molar-refractivity contribution in [2.24, 2.45) is 0 Å². The number of esters is 1. The first kappa shape index (κ1) is 14.6. The highest BCUT2D eigenvalue weighted by Crippen LogP contribution is 2.19. The zero-order valence-electron chi connectivity index (χ0n) is 11.6. The lowest BCUT2D eigenvalue weighted by molar-refractivity contribution is 0.0600. The van der Waals surface area contributed by atoms with Gasteiger partial charge in [0.05, 0.1) is 18.4 Å². The summed E-state index contributed by atoms with van der Waals surface area (Å²) in [4.78, 5) is 20.0. The summed E-state index contributed by atoms with van der Waals surface area (Å²) in [6.45, 7) is 0. The number of halogens is 2. The van der Waals surface area contributed by atoms with Crippen LogP contribution in [-0.2, 0) is 11.2 Å². The van der Waals surface area contributed by atoms with Gasteiger partial charge in [0, 0.05) is 25.0 Å². The second-order valence-corrected chi connectivity index (χ2v) is 5.46. The number of aromatic nitrogens is 3. The van der Waals surface area contributed by atoms with Crippen LogP contribution >= 0.6 is 15.9 Å². The number of fused-ring (bicyclic) bond motifs is 1. The van der Waals surface area contributed by atoms with Crippen LogP contribution in [0.25, 0.3) is 5.65 Å². The Balaban J connectivity index is 1.98. The number of ether oxygens (including phenoxy) is 1. The molecule has 0 spiro atoms. The van der Waals surface area contributed by atoms with Crippen LogP contribution in [-0.4, -0.2) is 27.4 Å². The highest BCUT2D eigenvalue weighted by atomic mass is 79.9. The molecule has 0 unspecified atom stereocenters. The molecule has 0 aliphatic rings. The predicted molar refractivity (Wildman–Crippen MR) is 81.2 cm³/mol. The zero-order chi connectivity index (χ0) is 15.7. The van der Waals surface area contributed by atoms with Gasteiger partial charge in [-0.3, -0.25) is 0 Å². The van der Waals surface area contributed by atoms with Gasteiger partial charge in [0.1, 0.15) is 10.4 Å². The molecule has 1 aromatic carbocycles. The van der Waals surface area contributed by atoms with Gasteiger partial charge in [0.15, 0.2) is 5.65 Å². The van der Waals surface area contributed by atoms with Crippen LogP contribution in [0.1, 0.15) is 21.6 Å². The van der Waals surface area contributed by atoms with Crippen LogP contribution < -0.4 is 0 Å². The Bertz CT molecular complexity index is 863. The minimum absolute atomic E-state index is 0.178. The van der Waals surface area contributed by atoms with Gasteiger partial charge in [-0.05, 0) is 33.6 Å². The molecule has 0 bridgehead atoms. The number of nitrogens with zero attached hydrogens (tertiary/aromatic N) is 3. The Hall–Kier alpha value is -2.28. The van der Waals surface area contributed by atoms with Crippen LogP contribution in [0, 0.1) is 5.82 Å². The Kier molecular flexibility index (Phi) is 3.89. The molecule has 112 valence electrons. The summed E-state index contributed by atoms with van der Waals surface area (Å²) in [5.74, 6) is -1.05. The molecule has 0 fully saturated rings. The van der Waals surface area contributed by atoms with Gasteiger partial charge in [-0.1, -0.05) is 6.07 Å². The molecule has 0 aliphatic carbocycles. The lowest BCUT2D eigenvalue weighted by Crippen LogP contribution is -2.04. The molecule has 0 amide bonds. The molecule has 0 aliphatic heterocycles. The Morgan fingerprint density at radius 1 is 1.45 bits per heavy atom. The number of rotatable bonds is 3. The van der Waals surface area contributed by atoms with E-state index in [1.807, 2.05) is 4.40 Å². The lowest BCUT2D eigenvalue weighted by Gasteiger charge is -2.07. The fourth-order valence-corrected chi connectivity index (χ4v) is 2.63. The molecular weight excluding hydrogens is 353 g/mol. The van der Waals surface area contributed by atoms with Crippen molar-refractivity contribution in [3.05, 3.63) is 64.0 Å². The number of benzene rings is 1. The fraction of sp³-hybridized carbons (Fsp3) is 0.133. The summed E-state index contributed by atoms with van der Waals surface area (Å²) in [7, 11) is 1.26. The molecule has 0 radical (unpaired) electrons. The monoisotopic (exact) mass is 363 g/mol. The van der Waals surface area contributed by atoms with E-state index in [4.69, 9.17) is 0 Å². The highest BCUT2D eigenvalue weighted by Gasteiger charge is 2.13. The molecule has 2 aromatic heterocycles. The van der Waals surface area contributed by atoms with Crippen molar-refractivity contribution in [1.29, 1.82) is 0 Å². The summed E-state index contributed by atoms with van der Waals surface area (Å²) in [5.41, 5.74) is 1.92. The fourth-order valence-electron chi connectivity index (χ4n) is 2.20. The summed E-state index contributed by atoms with van der Waals surface area (Å²) >= 11 is 3.33. The molecule has 3 aromatic rings. The second-order valence-electron chi connectivity index (χ2n) is 4.64. The maximum Gasteiger partial charge on any atom is 0.337 e. The standard InChI is InChI=1S/C15H11BrFN3O2/c1-22-15(21)10-3-2-9(11(17)6-10)7-12-14-18-4-5-20(14)8-13(16)19-12/h2-6,8H,7H2,1H3. The van der Waals surface area contributed by atoms with E-state index in [1.54, 1.807) is 24.7 Å². The van der Waals surface area contributed by atoms with E-state index in [0.29, 0.717) is 21.5 Å². The molecule has 0 saturated carbocycles. The topological polar surface area (TPSA) is 56.5 Å². The molecular formula is C15H11BrFN3O2. The number of carbonyl (C=O) groups is 1. The van der Waals surface area contributed by atoms with Crippen molar-refractivity contribution in [2.75, 3.05) is 7.11 Å². The van der Waals surface area contributed by atoms with E-state index in [9.17, 15) is 9.18 Å². The SMILES string of the molecule is COC(=O)c1ccc(Cc2nc(Br)cn3ccnc23)c(F)c1. The van der Waals surface area contributed by atoms with Crippen molar-refractivity contribution in [3.8, 4) is 0 Å². The van der Waals surface area contributed by atoms with Gasteiger partial charge < -0.3 is 9.14 Å². The maximum absolute atomic E-state index is 14.2.